The van der Waals surface area contributed by atoms with Crippen molar-refractivity contribution >= 4 is 17.4 Å². The maximum absolute atomic E-state index is 8.65. The number of amidine groups is 1. The van der Waals surface area contributed by atoms with Gasteiger partial charge in [-0.1, -0.05) is 42.2 Å². The molecule has 19 heavy (non-hydrogen) atoms. The number of oxime groups is 1. The molecule has 1 aromatic rings. The van der Waals surface area contributed by atoms with E-state index < -0.39 is 0 Å². The van der Waals surface area contributed by atoms with Crippen molar-refractivity contribution in [3.8, 4) is 0 Å². The van der Waals surface area contributed by atoms with Gasteiger partial charge in [0.05, 0.1) is 0 Å². The summed E-state index contributed by atoms with van der Waals surface area (Å²) in [6.45, 7) is 5.39. The number of nitrogens with zero attached hydrogens (tertiary/aromatic N) is 2. The molecule has 0 saturated carbocycles. The number of nitrogens with two attached hydrogens (primary N) is 1. The highest BCUT2D eigenvalue weighted by Crippen LogP contribution is 2.24. The lowest BCUT2D eigenvalue weighted by atomic mass is 10.1. The van der Waals surface area contributed by atoms with E-state index in [4.69, 9.17) is 22.5 Å². The van der Waals surface area contributed by atoms with Gasteiger partial charge in [-0.3, -0.25) is 4.90 Å². The van der Waals surface area contributed by atoms with Gasteiger partial charge in [0.2, 0.25) is 0 Å². The standard InChI is InChI=1S/C14H20ClN3O/c1-2-10-5-6-18(8-10)9-12-4-3-11(7-13(12)15)14(16)17-19/h3-4,7,10,19H,2,5-6,8-9H2,1H3,(H2,16,17). The molecule has 5 heteroatoms. The first-order valence-corrected chi connectivity index (χ1v) is 7.00. The Morgan fingerprint density at radius 3 is 2.95 bits per heavy atom. The van der Waals surface area contributed by atoms with Crippen LogP contribution in [0.2, 0.25) is 5.02 Å². The summed E-state index contributed by atoms with van der Waals surface area (Å²) in [6.07, 6.45) is 2.52. The van der Waals surface area contributed by atoms with Gasteiger partial charge in [0.15, 0.2) is 5.84 Å². The molecule has 1 unspecified atom stereocenters. The number of likely N-dealkylation sites (tertiary alicyclic amines) is 1. The van der Waals surface area contributed by atoms with Gasteiger partial charge < -0.3 is 10.9 Å². The predicted molar refractivity (Wildman–Crippen MR) is 77.6 cm³/mol. The molecule has 1 fully saturated rings. The van der Waals surface area contributed by atoms with Crippen LogP contribution in [0.1, 0.15) is 30.9 Å². The fourth-order valence-corrected chi connectivity index (χ4v) is 2.76. The molecular formula is C14H20ClN3O. The van der Waals surface area contributed by atoms with Gasteiger partial charge >= 0.3 is 0 Å². The summed E-state index contributed by atoms with van der Waals surface area (Å²) in [7, 11) is 0. The van der Waals surface area contributed by atoms with Crippen molar-refractivity contribution in [2.45, 2.75) is 26.3 Å². The van der Waals surface area contributed by atoms with Crippen LogP contribution in [0.3, 0.4) is 0 Å². The molecule has 104 valence electrons. The smallest absolute Gasteiger partial charge is 0.170 e. The first-order chi connectivity index (χ1) is 9.13. The van der Waals surface area contributed by atoms with Crippen LogP contribution in [0, 0.1) is 5.92 Å². The summed E-state index contributed by atoms with van der Waals surface area (Å²) >= 11 is 6.26. The van der Waals surface area contributed by atoms with Crippen molar-refractivity contribution in [3.63, 3.8) is 0 Å². The molecule has 0 spiro atoms. The van der Waals surface area contributed by atoms with E-state index in [0.29, 0.717) is 10.6 Å². The van der Waals surface area contributed by atoms with E-state index in [9.17, 15) is 0 Å². The minimum absolute atomic E-state index is 0.0840. The predicted octanol–water partition coefficient (Wildman–Crippen LogP) is 2.67. The maximum Gasteiger partial charge on any atom is 0.170 e. The molecule has 1 saturated heterocycles. The van der Waals surface area contributed by atoms with Gasteiger partial charge in [-0.2, -0.15) is 0 Å². The molecule has 1 aromatic carbocycles. The summed E-state index contributed by atoms with van der Waals surface area (Å²) in [5.41, 5.74) is 7.28. The average molecular weight is 282 g/mol. The number of halogens is 1. The Balaban J connectivity index is 2.06. The molecule has 0 bridgehead atoms. The quantitative estimate of drug-likeness (QED) is 0.386. The number of hydrogen-bond donors (Lipinski definition) is 2. The minimum Gasteiger partial charge on any atom is -0.409 e. The zero-order valence-corrected chi connectivity index (χ0v) is 11.9. The highest BCUT2D eigenvalue weighted by molar-refractivity contribution is 6.31. The number of rotatable bonds is 4. The minimum atomic E-state index is 0.0840. The van der Waals surface area contributed by atoms with Crippen molar-refractivity contribution < 1.29 is 5.21 Å². The Morgan fingerprint density at radius 2 is 2.37 bits per heavy atom. The molecule has 0 radical (unpaired) electrons. The van der Waals surface area contributed by atoms with Crippen LogP contribution in [0.15, 0.2) is 23.4 Å². The fourth-order valence-electron chi connectivity index (χ4n) is 2.52. The normalized spacial score (nSPS) is 20.9. The molecule has 1 atom stereocenters. The second kappa shape index (κ2) is 6.26. The zero-order valence-electron chi connectivity index (χ0n) is 11.1. The van der Waals surface area contributed by atoms with E-state index >= 15 is 0 Å². The van der Waals surface area contributed by atoms with Gasteiger partial charge in [-0.05, 0) is 30.5 Å². The Morgan fingerprint density at radius 1 is 1.58 bits per heavy atom. The lowest BCUT2D eigenvalue weighted by Crippen LogP contribution is -2.20. The van der Waals surface area contributed by atoms with E-state index in [1.54, 1.807) is 6.07 Å². The molecule has 1 aliphatic heterocycles. The van der Waals surface area contributed by atoms with Crippen LogP contribution >= 0.6 is 11.6 Å². The molecule has 1 heterocycles. The molecular weight excluding hydrogens is 262 g/mol. The third-order valence-electron chi connectivity index (χ3n) is 3.80. The van der Waals surface area contributed by atoms with Crippen molar-refractivity contribution in [2.75, 3.05) is 13.1 Å². The van der Waals surface area contributed by atoms with E-state index in [-0.39, 0.29) is 5.84 Å². The molecule has 4 nitrogen and oxygen atoms in total. The highest BCUT2D eigenvalue weighted by Gasteiger charge is 2.21. The van der Waals surface area contributed by atoms with E-state index in [1.165, 1.54) is 12.8 Å². The number of benzene rings is 1. The monoisotopic (exact) mass is 281 g/mol. The van der Waals surface area contributed by atoms with Crippen molar-refractivity contribution in [1.29, 1.82) is 0 Å². The summed E-state index contributed by atoms with van der Waals surface area (Å²) in [4.78, 5) is 2.43. The van der Waals surface area contributed by atoms with E-state index in [1.807, 2.05) is 12.1 Å². The highest BCUT2D eigenvalue weighted by atomic mass is 35.5. The Bertz CT molecular complexity index is 476. The average Bonchev–Trinajstić information content (AvgIpc) is 2.88. The van der Waals surface area contributed by atoms with Crippen molar-refractivity contribution in [2.24, 2.45) is 16.8 Å². The first-order valence-electron chi connectivity index (χ1n) is 6.62. The van der Waals surface area contributed by atoms with Crippen molar-refractivity contribution in [1.82, 2.24) is 4.90 Å². The zero-order chi connectivity index (χ0) is 13.8. The SMILES string of the molecule is CCC1CCN(Cc2ccc(/C(N)=N/O)cc2Cl)C1. The Kier molecular flexibility index (Phi) is 4.66. The lowest BCUT2D eigenvalue weighted by Gasteiger charge is -2.17. The Hall–Kier alpha value is -1.26. The molecule has 0 aliphatic carbocycles. The van der Waals surface area contributed by atoms with Gasteiger partial charge in [0.1, 0.15) is 0 Å². The topological polar surface area (TPSA) is 61.8 Å². The second-order valence-electron chi connectivity index (χ2n) is 5.09. The maximum atomic E-state index is 8.65. The summed E-state index contributed by atoms with van der Waals surface area (Å²) in [5, 5.41) is 12.3. The van der Waals surface area contributed by atoms with Gasteiger partial charge in [0, 0.05) is 23.7 Å². The molecule has 0 amide bonds. The molecule has 1 aliphatic rings. The molecule has 2 rings (SSSR count). The van der Waals surface area contributed by atoms with Crippen LogP contribution in [0.4, 0.5) is 0 Å². The summed E-state index contributed by atoms with van der Waals surface area (Å²) < 4.78 is 0. The van der Waals surface area contributed by atoms with Crippen molar-refractivity contribution in [3.05, 3.63) is 34.3 Å². The van der Waals surface area contributed by atoms with Crippen LogP contribution in [-0.2, 0) is 6.54 Å². The Labute approximate surface area is 118 Å². The fraction of sp³-hybridized carbons (Fsp3) is 0.500. The van der Waals surface area contributed by atoms with Gasteiger partial charge in [-0.15, -0.1) is 0 Å². The van der Waals surface area contributed by atoms with Crippen LogP contribution < -0.4 is 5.73 Å². The van der Waals surface area contributed by atoms with E-state index in [0.717, 1.165) is 31.1 Å². The lowest BCUT2D eigenvalue weighted by molar-refractivity contribution is 0.315. The largest absolute Gasteiger partial charge is 0.409 e. The number of hydrogen-bond acceptors (Lipinski definition) is 3. The molecule has 0 aromatic heterocycles. The summed E-state index contributed by atoms with van der Waals surface area (Å²) in [6, 6.07) is 5.54. The molecule has 3 N–H and O–H groups in total. The van der Waals surface area contributed by atoms with Crippen LogP contribution in [0.25, 0.3) is 0 Å². The van der Waals surface area contributed by atoms with Gasteiger partial charge in [-0.25, -0.2) is 0 Å². The third kappa shape index (κ3) is 3.39. The van der Waals surface area contributed by atoms with Crippen LogP contribution in [-0.4, -0.2) is 29.0 Å². The first kappa shape index (κ1) is 14.2. The van der Waals surface area contributed by atoms with Gasteiger partial charge in [0.25, 0.3) is 0 Å². The van der Waals surface area contributed by atoms with Crippen LogP contribution in [0.5, 0.6) is 0 Å². The van der Waals surface area contributed by atoms with E-state index in [2.05, 4.69) is 17.0 Å². The second-order valence-corrected chi connectivity index (χ2v) is 5.50. The summed E-state index contributed by atoms with van der Waals surface area (Å²) in [5.74, 6) is 0.899. The third-order valence-corrected chi connectivity index (χ3v) is 4.15.